The van der Waals surface area contributed by atoms with Gasteiger partial charge in [0.05, 0.1) is 6.61 Å². The molecule has 4 atom stereocenters. The largest absolute Gasteiger partial charge is 0.394 e. The van der Waals surface area contributed by atoms with Crippen LogP contribution in [0.2, 0.25) is 0 Å². The number of alkyl halides is 1. The van der Waals surface area contributed by atoms with Crippen molar-refractivity contribution in [3.63, 3.8) is 0 Å². The maximum Gasteiger partial charge on any atom is 0.183 e. The van der Waals surface area contributed by atoms with Gasteiger partial charge in [-0.3, -0.25) is 0 Å². The zero-order chi connectivity index (χ0) is 9.72. The normalized spacial score (nSPS) is 21.1. The molecule has 6 heteroatoms. The summed E-state index contributed by atoms with van der Waals surface area (Å²) in [5.41, 5.74) is 0. The molecule has 72 valence electrons. The first-order valence-electron chi connectivity index (χ1n) is 3.29. The Balaban J connectivity index is 4.07. The van der Waals surface area contributed by atoms with Gasteiger partial charge in [0.15, 0.2) is 12.5 Å². The highest BCUT2D eigenvalue weighted by Gasteiger charge is 2.30. The van der Waals surface area contributed by atoms with Crippen LogP contribution in [0.15, 0.2) is 0 Å². The summed E-state index contributed by atoms with van der Waals surface area (Å²) in [5, 5.41) is 34.6. The van der Waals surface area contributed by atoms with E-state index in [1.54, 1.807) is 0 Å². The Morgan fingerprint density at radius 1 is 1.25 bits per heavy atom. The molecule has 0 aliphatic carbocycles. The van der Waals surface area contributed by atoms with Crippen LogP contribution < -0.4 is 0 Å². The van der Waals surface area contributed by atoms with Crippen LogP contribution in [0.5, 0.6) is 0 Å². The summed E-state index contributed by atoms with van der Waals surface area (Å²) in [7, 11) is 0. The van der Waals surface area contributed by atoms with Crippen molar-refractivity contribution in [2.24, 2.45) is 0 Å². The van der Waals surface area contributed by atoms with Crippen molar-refractivity contribution in [3.05, 3.63) is 0 Å². The maximum absolute atomic E-state index is 12.3. The fraction of sp³-hybridized carbons (Fsp3) is 0.833. The van der Waals surface area contributed by atoms with Crippen LogP contribution in [0.25, 0.3) is 0 Å². The van der Waals surface area contributed by atoms with Gasteiger partial charge < -0.3 is 25.2 Å². The number of aliphatic hydroxyl groups is 4. The zero-order valence-corrected chi connectivity index (χ0v) is 6.17. The summed E-state index contributed by atoms with van der Waals surface area (Å²) in [5.74, 6) is 0. The minimum atomic E-state index is -2.26. The molecule has 0 aromatic carbocycles. The first-order chi connectivity index (χ1) is 5.54. The standard InChI is InChI=1S/C6H11FO5/c7-3(1-8)5(11)6(12)4(10)2-9/h1,3-6,9-12H,2H2/t3-,4+,5-,6-/m1/s1. The molecule has 0 aliphatic rings. The number of carbonyl (C=O) groups excluding carboxylic acids is 1. The number of hydrogen-bond acceptors (Lipinski definition) is 5. The number of hydrogen-bond donors (Lipinski definition) is 4. The van der Waals surface area contributed by atoms with Gasteiger partial charge in [-0.1, -0.05) is 0 Å². The summed E-state index contributed by atoms with van der Waals surface area (Å²) in [6.07, 6.45) is -7.99. The minimum absolute atomic E-state index is 0.196. The van der Waals surface area contributed by atoms with E-state index in [1.165, 1.54) is 0 Å². The Kier molecular flexibility index (Phi) is 4.91. The van der Waals surface area contributed by atoms with Crippen molar-refractivity contribution in [2.75, 3.05) is 6.61 Å². The molecular formula is C6H11FO5. The average molecular weight is 182 g/mol. The van der Waals surface area contributed by atoms with E-state index in [2.05, 4.69) is 0 Å². The van der Waals surface area contributed by atoms with Gasteiger partial charge in [-0.2, -0.15) is 0 Å². The maximum atomic E-state index is 12.3. The molecule has 0 saturated heterocycles. The van der Waals surface area contributed by atoms with E-state index in [9.17, 15) is 9.18 Å². The van der Waals surface area contributed by atoms with Crippen LogP contribution in [0.3, 0.4) is 0 Å². The van der Waals surface area contributed by atoms with Gasteiger partial charge in [-0.25, -0.2) is 4.39 Å². The molecule has 0 fully saturated rings. The summed E-state index contributed by atoms with van der Waals surface area (Å²) in [6.45, 7) is -0.816. The quantitative estimate of drug-likeness (QED) is 0.355. The van der Waals surface area contributed by atoms with E-state index < -0.39 is 31.1 Å². The Morgan fingerprint density at radius 3 is 2.08 bits per heavy atom. The molecule has 0 spiro atoms. The minimum Gasteiger partial charge on any atom is -0.394 e. The Bertz CT molecular complexity index is 142. The SMILES string of the molecule is O=C[C@@H](F)[C@@H](O)[C@H](O)[C@@H](O)CO. The van der Waals surface area contributed by atoms with Crippen molar-refractivity contribution in [2.45, 2.75) is 24.5 Å². The van der Waals surface area contributed by atoms with Crippen molar-refractivity contribution >= 4 is 6.29 Å². The summed E-state index contributed by atoms with van der Waals surface area (Å²) < 4.78 is 12.3. The Labute approximate surface area is 68.1 Å². The molecule has 0 rings (SSSR count). The third kappa shape index (κ3) is 2.82. The van der Waals surface area contributed by atoms with Crippen LogP contribution in [0.4, 0.5) is 4.39 Å². The molecule has 0 aromatic heterocycles. The molecule has 0 saturated carbocycles. The van der Waals surface area contributed by atoms with Crippen LogP contribution >= 0.6 is 0 Å². The number of rotatable bonds is 5. The number of carbonyl (C=O) groups is 1. The first kappa shape index (κ1) is 11.4. The van der Waals surface area contributed by atoms with Gasteiger partial charge >= 0.3 is 0 Å². The number of aliphatic hydroxyl groups excluding tert-OH is 4. The van der Waals surface area contributed by atoms with E-state index >= 15 is 0 Å². The average Bonchev–Trinajstić information content (AvgIpc) is 2.12. The molecule has 0 amide bonds. The van der Waals surface area contributed by atoms with Gasteiger partial charge in [-0.05, 0) is 0 Å². The molecule has 0 bridgehead atoms. The predicted octanol–water partition coefficient (Wildman–Crippen LogP) is -2.40. The van der Waals surface area contributed by atoms with Gasteiger partial charge in [0, 0.05) is 0 Å². The molecule has 5 nitrogen and oxygen atoms in total. The van der Waals surface area contributed by atoms with E-state index in [0.717, 1.165) is 0 Å². The second-order valence-corrected chi connectivity index (χ2v) is 2.31. The van der Waals surface area contributed by atoms with Crippen molar-refractivity contribution in [1.29, 1.82) is 0 Å². The first-order valence-corrected chi connectivity index (χ1v) is 3.29. The molecule has 0 radical (unpaired) electrons. The fourth-order valence-electron chi connectivity index (χ4n) is 0.604. The highest BCUT2D eigenvalue weighted by molar-refractivity contribution is 5.56. The predicted molar refractivity (Wildman–Crippen MR) is 36.1 cm³/mol. The molecule has 12 heavy (non-hydrogen) atoms. The van der Waals surface area contributed by atoms with E-state index in [4.69, 9.17) is 20.4 Å². The molecule has 0 aromatic rings. The van der Waals surface area contributed by atoms with E-state index in [-0.39, 0.29) is 6.29 Å². The second kappa shape index (κ2) is 5.15. The monoisotopic (exact) mass is 182 g/mol. The van der Waals surface area contributed by atoms with Crippen molar-refractivity contribution < 1.29 is 29.6 Å². The fourth-order valence-corrected chi connectivity index (χ4v) is 0.604. The zero-order valence-electron chi connectivity index (χ0n) is 6.17. The molecule has 4 N–H and O–H groups in total. The van der Waals surface area contributed by atoms with Crippen molar-refractivity contribution in [1.82, 2.24) is 0 Å². The highest BCUT2D eigenvalue weighted by Crippen LogP contribution is 2.05. The van der Waals surface area contributed by atoms with Gasteiger partial charge in [0.25, 0.3) is 0 Å². The Morgan fingerprint density at radius 2 is 1.75 bits per heavy atom. The van der Waals surface area contributed by atoms with E-state index in [1.807, 2.05) is 0 Å². The number of aldehydes is 1. The smallest absolute Gasteiger partial charge is 0.183 e. The number of halogens is 1. The lowest BCUT2D eigenvalue weighted by Gasteiger charge is -2.21. The lowest BCUT2D eigenvalue weighted by Crippen LogP contribution is -2.44. The summed E-state index contributed by atoms with van der Waals surface area (Å²) in [6, 6.07) is 0. The molecule has 0 unspecified atom stereocenters. The summed E-state index contributed by atoms with van der Waals surface area (Å²) >= 11 is 0. The molecular weight excluding hydrogens is 171 g/mol. The van der Waals surface area contributed by atoms with Crippen LogP contribution in [-0.4, -0.2) is 57.8 Å². The van der Waals surface area contributed by atoms with Gasteiger partial charge in [0.2, 0.25) is 0 Å². The molecule has 0 aliphatic heterocycles. The third-order valence-corrected chi connectivity index (χ3v) is 1.39. The van der Waals surface area contributed by atoms with Crippen LogP contribution in [-0.2, 0) is 4.79 Å². The van der Waals surface area contributed by atoms with Crippen molar-refractivity contribution in [3.8, 4) is 0 Å². The third-order valence-electron chi connectivity index (χ3n) is 1.39. The van der Waals surface area contributed by atoms with Crippen LogP contribution in [0, 0.1) is 0 Å². The lowest BCUT2D eigenvalue weighted by atomic mass is 10.1. The van der Waals surface area contributed by atoms with Crippen LogP contribution in [0.1, 0.15) is 0 Å². The van der Waals surface area contributed by atoms with Gasteiger partial charge in [-0.15, -0.1) is 0 Å². The second-order valence-electron chi connectivity index (χ2n) is 2.31. The highest BCUT2D eigenvalue weighted by atomic mass is 19.1. The van der Waals surface area contributed by atoms with Gasteiger partial charge in [0.1, 0.15) is 18.3 Å². The topological polar surface area (TPSA) is 98.0 Å². The summed E-state index contributed by atoms with van der Waals surface area (Å²) in [4.78, 5) is 9.77. The van der Waals surface area contributed by atoms with E-state index in [0.29, 0.717) is 0 Å². The Hall–Kier alpha value is -0.560. The molecule has 0 heterocycles. The lowest BCUT2D eigenvalue weighted by molar-refractivity contribution is -0.127.